The monoisotopic (exact) mass is 286 g/mol. The standard InChI is InChI=1S/C18H23FN2/c1-4-10-21-18(14(3)17-7-5-6-11-20-17)16-12-15(19)9-8-13(16)2/h5-9,11-12,14,18,21H,4,10H2,1-3H3. The Hall–Kier alpha value is -1.74. The normalized spacial score (nSPS) is 13.9. The lowest BCUT2D eigenvalue weighted by molar-refractivity contribution is 0.455. The molecule has 2 aromatic rings. The fourth-order valence-corrected chi connectivity index (χ4v) is 2.62. The Kier molecular flexibility index (Phi) is 5.45. The van der Waals surface area contributed by atoms with Gasteiger partial charge in [-0.3, -0.25) is 4.98 Å². The van der Waals surface area contributed by atoms with Gasteiger partial charge in [0.25, 0.3) is 0 Å². The lowest BCUT2D eigenvalue weighted by Crippen LogP contribution is -2.28. The zero-order valence-electron chi connectivity index (χ0n) is 12.9. The number of halogens is 1. The van der Waals surface area contributed by atoms with Gasteiger partial charge in [-0.2, -0.15) is 0 Å². The highest BCUT2D eigenvalue weighted by Crippen LogP contribution is 2.31. The van der Waals surface area contributed by atoms with Crippen molar-refractivity contribution in [2.75, 3.05) is 6.54 Å². The van der Waals surface area contributed by atoms with Crippen molar-refractivity contribution in [3.05, 3.63) is 65.2 Å². The van der Waals surface area contributed by atoms with Crippen LogP contribution in [0.1, 0.15) is 49.0 Å². The predicted molar refractivity (Wildman–Crippen MR) is 84.8 cm³/mol. The van der Waals surface area contributed by atoms with Gasteiger partial charge in [-0.05, 0) is 55.3 Å². The van der Waals surface area contributed by atoms with Crippen LogP contribution in [-0.2, 0) is 0 Å². The highest BCUT2D eigenvalue weighted by atomic mass is 19.1. The predicted octanol–water partition coefficient (Wildman–Crippen LogP) is 4.37. The summed E-state index contributed by atoms with van der Waals surface area (Å²) in [7, 11) is 0. The average Bonchev–Trinajstić information content (AvgIpc) is 2.51. The number of nitrogens with one attached hydrogen (secondary N) is 1. The molecule has 0 saturated carbocycles. The molecule has 2 rings (SSSR count). The van der Waals surface area contributed by atoms with Crippen LogP contribution in [0.15, 0.2) is 42.6 Å². The van der Waals surface area contributed by atoms with Gasteiger partial charge in [0, 0.05) is 23.9 Å². The fraction of sp³-hybridized carbons (Fsp3) is 0.389. The highest BCUT2D eigenvalue weighted by molar-refractivity contribution is 5.32. The van der Waals surface area contributed by atoms with Crippen LogP contribution in [-0.4, -0.2) is 11.5 Å². The fourth-order valence-electron chi connectivity index (χ4n) is 2.62. The SMILES string of the molecule is CCCNC(c1cc(F)ccc1C)C(C)c1ccccn1. The first-order valence-electron chi connectivity index (χ1n) is 7.53. The number of benzene rings is 1. The second-order valence-corrected chi connectivity index (χ2v) is 5.48. The Morgan fingerprint density at radius 2 is 2.05 bits per heavy atom. The van der Waals surface area contributed by atoms with E-state index in [1.54, 1.807) is 12.3 Å². The molecule has 3 heteroatoms. The molecule has 0 aliphatic rings. The van der Waals surface area contributed by atoms with Gasteiger partial charge in [0.2, 0.25) is 0 Å². The van der Waals surface area contributed by atoms with E-state index < -0.39 is 0 Å². The number of nitrogens with zero attached hydrogens (tertiary/aromatic N) is 1. The van der Waals surface area contributed by atoms with Crippen LogP contribution < -0.4 is 5.32 Å². The van der Waals surface area contributed by atoms with Gasteiger partial charge in [0.15, 0.2) is 0 Å². The van der Waals surface area contributed by atoms with E-state index in [9.17, 15) is 4.39 Å². The molecule has 0 fully saturated rings. The van der Waals surface area contributed by atoms with Crippen molar-refractivity contribution in [1.29, 1.82) is 0 Å². The number of rotatable bonds is 6. The third kappa shape index (κ3) is 3.88. The van der Waals surface area contributed by atoms with Crippen molar-refractivity contribution in [2.45, 2.75) is 39.2 Å². The van der Waals surface area contributed by atoms with E-state index in [2.05, 4.69) is 24.1 Å². The third-order valence-corrected chi connectivity index (χ3v) is 3.84. The van der Waals surface area contributed by atoms with Crippen LogP contribution in [0, 0.1) is 12.7 Å². The zero-order chi connectivity index (χ0) is 15.2. The minimum atomic E-state index is -0.188. The molecular formula is C18H23FN2. The van der Waals surface area contributed by atoms with Crippen LogP contribution in [0.2, 0.25) is 0 Å². The van der Waals surface area contributed by atoms with Gasteiger partial charge in [-0.1, -0.05) is 26.0 Å². The zero-order valence-corrected chi connectivity index (χ0v) is 12.9. The number of aryl methyl sites for hydroxylation is 1. The Balaban J connectivity index is 2.36. The van der Waals surface area contributed by atoms with Crippen LogP contribution in [0.3, 0.4) is 0 Å². The van der Waals surface area contributed by atoms with E-state index in [0.717, 1.165) is 29.8 Å². The molecule has 1 aromatic carbocycles. The minimum Gasteiger partial charge on any atom is -0.309 e. The molecule has 0 amide bonds. The van der Waals surface area contributed by atoms with Gasteiger partial charge in [-0.15, -0.1) is 0 Å². The number of hydrogen-bond acceptors (Lipinski definition) is 2. The van der Waals surface area contributed by atoms with Crippen molar-refractivity contribution in [1.82, 2.24) is 10.3 Å². The molecule has 0 aliphatic heterocycles. The van der Waals surface area contributed by atoms with Crippen molar-refractivity contribution < 1.29 is 4.39 Å². The Bertz CT molecular complexity index is 569. The Labute approximate surface area is 126 Å². The Morgan fingerprint density at radius 3 is 2.71 bits per heavy atom. The number of aromatic nitrogens is 1. The summed E-state index contributed by atoms with van der Waals surface area (Å²) in [5, 5.41) is 3.55. The molecule has 2 nitrogen and oxygen atoms in total. The van der Waals surface area contributed by atoms with E-state index in [1.807, 2.05) is 31.2 Å². The maximum atomic E-state index is 13.7. The smallest absolute Gasteiger partial charge is 0.123 e. The molecule has 2 unspecified atom stereocenters. The lowest BCUT2D eigenvalue weighted by atomic mass is 9.89. The minimum absolute atomic E-state index is 0.0653. The summed E-state index contributed by atoms with van der Waals surface area (Å²) in [6, 6.07) is 11.0. The maximum absolute atomic E-state index is 13.7. The molecule has 1 aromatic heterocycles. The molecule has 21 heavy (non-hydrogen) atoms. The summed E-state index contributed by atoms with van der Waals surface area (Å²) in [5.74, 6) is -0.00892. The summed E-state index contributed by atoms with van der Waals surface area (Å²) in [5.41, 5.74) is 3.14. The lowest BCUT2D eigenvalue weighted by Gasteiger charge is -2.27. The quantitative estimate of drug-likeness (QED) is 0.852. The van der Waals surface area contributed by atoms with Crippen molar-refractivity contribution >= 4 is 0 Å². The van der Waals surface area contributed by atoms with E-state index in [0.29, 0.717) is 0 Å². The first-order chi connectivity index (χ1) is 10.1. The van der Waals surface area contributed by atoms with Gasteiger partial charge >= 0.3 is 0 Å². The molecule has 1 heterocycles. The van der Waals surface area contributed by atoms with Gasteiger partial charge in [0.1, 0.15) is 5.82 Å². The summed E-state index contributed by atoms with van der Waals surface area (Å²) < 4.78 is 13.7. The van der Waals surface area contributed by atoms with Crippen molar-refractivity contribution in [2.24, 2.45) is 0 Å². The molecule has 112 valence electrons. The first kappa shape index (κ1) is 15.6. The first-order valence-corrected chi connectivity index (χ1v) is 7.53. The second-order valence-electron chi connectivity index (χ2n) is 5.48. The maximum Gasteiger partial charge on any atom is 0.123 e. The van der Waals surface area contributed by atoms with Gasteiger partial charge < -0.3 is 5.32 Å². The largest absolute Gasteiger partial charge is 0.309 e. The van der Waals surface area contributed by atoms with Crippen LogP contribution in [0.25, 0.3) is 0 Å². The topological polar surface area (TPSA) is 24.9 Å². The number of pyridine rings is 1. The van der Waals surface area contributed by atoms with E-state index in [1.165, 1.54) is 6.07 Å². The summed E-state index contributed by atoms with van der Waals surface area (Å²) in [4.78, 5) is 4.45. The van der Waals surface area contributed by atoms with Crippen LogP contribution in [0.5, 0.6) is 0 Å². The van der Waals surface area contributed by atoms with Crippen LogP contribution in [0.4, 0.5) is 4.39 Å². The van der Waals surface area contributed by atoms with E-state index >= 15 is 0 Å². The van der Waals surface area contributed by atoms with Crippen LogP contribution >= 0.6 is 0 Å². The average molecular weight is 286 g/mol. The Morgan fingerprint density at radius 1 is 1.24 bits per heavy atom. The van der Waals surface area contributed by atoms with E-state index in [-0.39, 0.29) is 17.8 Å². The van der Waals surface area contributed by atoms with Gasteiger partial charge in [-0.25, -0.2) is 4.39 Å². The summed E-state index contributed by atoms with van der Waals surface area (Å²) in [6.07, 6.45) is 2.85. The second kappa shape index (κ2) is 7.32. The van der Waals surface area contributed by atoms with Crippen molar-refractivity contribution in [3.63, 3.8) is 0 Å². The molecule has 0 aliphatic carbocycles. The molecule has 0 radical (unpaired) electrons. The molecule has 0 saturated heterocycles. The highest BCUT2D eigenvalue weighted by Gasteiger charge is 2.23. The van der Waals surface area contributed by atoms with Gasteiger partial charge in [0.05, 0.1) is 0 Å². The molecule has 0 bridgehead atoms. The molecule has 2 atom stereocenters. The third-order valence-electron chi connectivity index (χ3n) is 3.84. The molecular weight excluding hydrogens is 263 g/mol. The molecule has 1 N–H and O–H groups in total. The summed E-state index contributed by atoms with van der Waals surface area (Å²) in [6.45, 7) is 7.20. The van der Waals surface area contributed by atoms with E-state index in [4.69, 9.17) is 0 Å². The summed E-state index contributed by atoms with van der Waals surface area (Å²) >= 11 is 0. The van der Waals surface area contributed by atoms with Crippen molar-refractivity contribution in [3.8, 4) is 0 Å². The number of hydrogen-bond donors (Lipinski definition) is 1. The molecule has 0 spiro atoms.